The SMILES string of the molecule is O=c1ccn([C@@H]2O[C@H](CO)[C@@H]3OP(=O)(O)O[C@H]32)c(=O)[nH]1. The lowest BCUT2D eigenvalue weighted by molar-refractivity contribution is -0.0624. The molecular weight excluding hydrogens is 295 g/mol. The third kappa shape index (κ3) is 2.16. The molecule has 3 heterocycles. The van der Waals surface area contributed by atoms with Crippen LogP contribution >= 0.6 is 7.82 Å². The zero-order valence-corrected chi connectivity index (χ0v) is 10.8. The number of aliphatic hydroxyl groups is 1. The summed E-state index contributed by atoms with van der Waals surface area (Å²) in [4.78, 5) is 34.1. The van der Waals surface area contributed by atoms with Gasteiger partial charge in [0, 0.05) is 12.3 Å². The van der Waals surface area contributed by atoms with Gasteiger partial charge < -0.3 is 14.7 Å². The smallest absolute Gasteiger partial charge is 0.394 e. The number of fused-ring (bicyclic) bond motifs is 1. The fourth-order valence-corrected chi connectivity index (χ4v) is 3.42. The number of aromatic nitrogens is 2. The summed E-state index contributed by atoms with van der Waals surface area (Å²) in [6, 6.07) is 1.10. The van der Waals surface area contributed by atoms with E-state index in [2.05, 4.69) is 0 Å². The minimum Gasteiger partial charge on any atom is -0.394 e. The number of hydrogen-bond donors (Lipinski definition) is 3. The minimum atomic E-state index is -4.23. The molecule has 0 spiro atoms. The lowest BCUT2D eigenvalue weighted by Crippen LogP contribution is -2.36. The summed E-state index contributed by atoms with van der Waals surface area (Å²) in [5.74, 6) is 0. The van der Waals surface area contributed by atoms with Crippen molar-refractivity contribution in [2.45, 2.75) is 24.5 Å². The molecule has 1 unspecified atom stereocenters. The first-order chi connectivity index (χ1) is 9.41. The molecule has 0 amide bonds. The lowest BCUT2D eigenvalue weighted by Gasteiger charge is -2.18. The van der Waals surface area contributed by atoms with Gasteiger partial charge in [0.15, 0.2) is 6.23 Å². The highest BCUT2D eigenvalue weighted by molar-refractivity contribution is 7.47. The van der Waals surface area contributed by atoms with Crippen molar-refractivity contribution in [3.05, 3.63) is 33.1 Å². The first-order valence-corrected chi connectivity index (χ1v) is 7.18. The predicted octanol–water partition coefficient (Wildman–Crippen LogP) is -1.69. The van der Waals surface area contributed by atoms with E-state index in [1.54, 1.807) is 0 Å². The van der Waals surface area contributed by atoms with Crippen molar-refractivity contribution >= 4 is 7.82 Å². The van der Waals surface area contributed by atoms with Crippen molar-refractivity contribution in [2.24, 2.45) is 0 Å². The number of hydrogen-bond acceptors (Lipinski definition) is 7. The van der Waals surface area contributed by atoms with E-state index in [1.807, 2.05) is 4.98 Å². The van der Waals surface area contributed by atoms with Crippen LogP contribution in [-0.4, -0.2) is 44.5 Å². The second-order valence-corrected chi connectivity index (χ2v) is 5.73. The largest absolute Gasteiger partial charge is 0.473 e. The third-order valence-corrected chi connectivity index (χ3v) is 4.12. The number of rotatable bonds is 2. The summed E-state index contributed by atoms with van der Waals surface area (Å²) in [6.45, 7) is -0.473. The van der Waals surface area contributed by atoms with Gasteiger partial charge in [0.25, 0.3) is 5.56 Å². The highest BCUT2D eigenvalue weighted by atomic mass is 31.2. The van der Waals surface area contributed by atoms with Crippen LogP contribution in [0.3, 0.4) is 0 Å². The molecule has 2 aliphatic rings. The van der Waals surface area contributed by atoms with Gasteiger partial charge in [-0.2, -0.15) is 0 Å². The van der Waals surface area contributed by atoms with E-state index in [-0.39, 0.29) is 0 Å². The maximum Gasteiger partial charge on any atom is 0.473 e. The first-order valence-electron chi connectivity index (χ1n) is 5.69. The monoisotopic (exact) mass is 306 g/mol. The number of nitrogens with one attached hydrogen (secondary N) is 1. The summed E-state index contributed by atoms with van der Waals surface area (Å²) in [7, 11) is -4.23. The number of ether oxygens (including phenoxy) is 1. The highest BCUT2D eigenvalue weighted by Crippen LogP contribution is 2.58. The Morgan fingerprint density at radius 3 is 2.70 bits per heavy atom. The van der Waals surface area contributed by atoms with Crippen LogP contribution in [-0.2, 0) is 18.3 Å². The molecule has 0 aromatic carbocycles. The summed E-state index contributed by atoms with van der Waals surface area (Å²) in [6.07, 6.45) is -2.82. The molecule has 2 saturated heterocycles. The molecule has 2 aliphatic heterocycles. The van der Waals surface area contributed by atoms with Gasteiger partial charge in [-0.05, 0) is 0 Å². The van der Waals surface area contributed by atoms with E-state index in [1.165, 1.54) is 6.20 Å². The Labute approximate surface area is 111 Å². The molecule has 1 aromatic rings. The molecule has 10 nitrogen and oxygen atoms in total. The number of aromatic amines is 1. The maximum atomic E-state index is 11.7. The lowest BCUT2D eigenvalue weighted by atomic mass is 10.1. The fourth-order valence-electron chi connectivity index (χ4n) is 2.28. The van der Waals surface area contributed by atoms with E-state index in [9.17, 15) is 24.2 Å². The third-order valence-electron chi connectivity index (χ3n) is 3.10. The standard InChI is InChI=1S/C9H11N2O8P/c12-3-4-6-7(19-20(15,16)18-6)8(17-4)11-2-1-5(13)10-9(11)14/h1-2,4,6-8,12H,3H2,(H,15,16)(H,10,13,14)/t4-,6+,7-,8-/m1/s1. The van der Waals surface area contributed by atoms with Gasteiger partial charge in [0.05, 0.1) is 6.61 Å². The van der Waals surface area contributed by atoms with Crippen molar-refractivity contribution < 1.29 is 28.3 Å². The van der Waals surface area contributed by atoms with Crippen LogP contribution in [0.5, 0.6) is 0 Å². The van der Waals surface area contributed by atoms with E-state index in [4.69, 9.17) is 13.8 Å². The molecule has 20 heavy (non-hydrogen) atoms. The van der Waals surface area contributed by atoms with Gasteiger partial charge in [-0.25, -0.2) is 9.36 Å². The molecule has 2 fully saturated rings. The first kappa shape index (κ1) is 13.7. The number of H-pyrrole nitrogens is 1. The molecule has 110 valence electrons. The summed E-state index contributed by atoms with van der Waals surface area (Å²) in [5, 5.41) is 9.18. The zero-order valence-electron chi connectivity index (χ0n) is 9.91. The van der Waals surface area contributed by atoms with E-state index in [0.29, 0.717) is 0 Å². The molecule has 0 radical (unpaired) electrons. The molecular formula is C9H11N2O8P. The van der Waals surface area contributed by atoms with Crippen molar-refractivity contribution in [1.82, 2.24) is 9.55 Å². The van der Waals surface area contributed by atoms with Crippen LogP contribution in [0.25, 0.3) is 0 Å². The van der Waals surface area contributed by atoms with E-state index in [0.717, 1.165) is 10.6 Å². The van der Waals surface area contributed by atoms with Crippen molar-refractivity contribution in [3.8, 4) is 0 Å². The van der Waals surface area contributed by atoms with Gasteiger partial charge in [0.2, 0.25) is 0 Å². The van der Waals surface area contributed by atoms with Gasteiger partial charge in [0.1, 0.15) is 18.3 Å². The van der Waals surface area contributed by atoms with Crippen molar-refractivity contribution in [3.63, 3.8) is 0 Å². The number of aliphatic hydroxyl groups excluding tert-OH is 1. The molecule has 11 heteroatoms. The van der Waals surface area contributed by atoms with Crippen LogP contribution < -0.4 is 11.2 Å². The predicted molar refractivity (Wildman–Crippen MR) is 61.9 cm³/mol. The van der Waals surface area contributed by atoms with Gasteiger partial charge in [-0.1, -0.05) is 0 Å². The van der Waals surface area contributed by atoms with Crippen LogP contribution in [0.2, 0.25) is 0 Å². The number of nitrogens with zero attached hydrogens (tertiary/aromatic N) is 1. The van der Waals surface area contributed by atoms with Crippen LogP contribution in [0.4, 0.5) is 0 Å². The quantitative estimate of drug-likeness (QED) is 0.550. The average molecular weight is 306 g/mol. The molecule has 5 atom stereocenters. The molecule has 1 aromatic heterocycles. The molecule has 3 N–H and O–H groups in total. The van der Waals surface area contributed by atoms with Crippen LogP contribution in [0.15, 0.2) is 21.9 Å². The number of phosphoric ester groups is 1. The summed E-state index contributed by atoms with van der Waals surface area (Å²) in [5.41, 5.74) is -1.35. The second-order valence-electron chi connectivity index (χ2n) is 4.37. The van der Waals surface area contributed by atoms with Gasteiger partial charge in [-0.3, -0.25) is 23.4 Å². The van der Waals surface area contributed by atoms with Crippen LogP contribution in [0, 0.1) is 0 Å². The summed E-state index contributed by atoms with van der Waals surface area (Å²) < 4.78 is 27.5. The van der Waals surface area contributed by atoms with Crippen molar-refractivity contribution in [2.75, 3.05) is 6.61 Å². The average Bonchev–Trinajstić information content (AvgIpc) is 2.83. The van der Waals surface area contributed by atoms with Gasteiger partial charge >= 0.3 is 13.5 Å². The Bertz CT molecular complexity index is 683. The minimum absolute atomic E-state index is 0.473. The Balaban J connectivity index is 2.00. The topological polar surface area (TPSA) is 140 Å². The molecule has 3 rings (SSSR count). The normalized spacial score (nSPS) is 39.9. The van der Waals surface area contributed by atoms with Crippen LogP contribution in [0.1, 0.15) is 6.23 Å². The number of phosphoric acid groups is 1. The fraction of sp³-hybridized carbons (Fsp3) is 0.556. The Morgan fingerprint density at radius 2 is 2.05 bits per heavy atom. The molecule has 0 bridgehead atoms. The zero-order chi connectivity index (χ0) is 14.5. The van der Waals surface area contributed by atoms with E-state index >= 15 is 0 Å². The Morgan fingerprint density at radius 1 is 1.35 bits per heavy atom. The molecule has 0 aliphatic carbocycles. The molecule has 0 saturated carbocycles. The maximum absolute atomic E-state index is 11.7. The Kier molecular flexibility index (Phi) is 3.16. The van der Waals surface area contributed by atoms with E-state index < -0.39 is 50.2 Å². The Hall–Kier alpha value is -1.29. The van der Waals surface area contributed by atoms with Crippen molar-refractivity contribution in [1.29, 1.82) is 0 Å². The highest BCUT2D eigenvalue weighted by Gasteiger charge is 2.57. The van der Waals surface area contributed by atoms with Gasteiger partial charge in [-0.15, -0.1) is 0 Å². The second kappa shape index (κ2) is 4.62. The summed E-state index contributed by atoms with van der Waals surface area (Å²) >= 11 is 0.